The largest absolute Gasteiger partial charge is 0.497 e. The Morgan fingerprint density at radius 3 is 2.72 bits per heavy atom. The average molecular weight is 403 g/mol. The highest BCUT2D eigenvalue weighted by molar-refractivity contribution is 9.10. The van der Waals surface area contributed by atoms with Gasteiger partial charge in [0, 0.05) is 29.7 Å². The molecule has 130 valence electrons. The number of carbonyl (C=O) groups excluding carboxylic acids is 2. The van der Waals surface area contributed by atoms with Gasteiger partial charge in [0.15, 0.2) is 0 Å². The zero-order valence-electron chi connectivity index (χ0n) is 13.9. The number of halogens is 1. The molecule has 2 amide bonds. The number of hydrogen-bond donors (Lipinski definition) is 1. The van der Waals surface area contributed by atoms with E-state index in [1.165, 1.54) is 0 Å². The summed E-state index contributed by atoms with van der Waals surface area (Å²) >= 11 is 3.38. The molecule has 25 heavy (non-hydrogen) atoms. The van der Waals surface area contributed by atoms with Crippen molar-refractivity contribution in [3.63, 3.8) is 0 Å². The Morgan fingerprint density at radius 1 is 1.28 bits per heavy atom. The number of anilines is 1. The molecule has 1 fully saturated rings. The molecule has 1 atom stereocenters. The molecule has 1 aliphatic rings. The first-order valence-electron chi connectivity index (χ1n) is 8.02. The van der Waals surface area contributed by atoms with Crippen LogP contribution in [0.1, 0.15) is 12.0 Å². The number of hydrogen-bond acceptors (Lipinski definition) is 3. The topological polar surface area (TPSA) is 58.6 Å². The molecule has 3 rings (SSSR count). The minimum atomic E-state index is -0.329. The Morgan fingerprint density at radius 2 is 2.04 bits per heavy atom. The van der Waals surface area contributed by atoms with Crippen molar-refractivity contribution in [2.24, 2.45) is 5.92 Å². The normalized spacial score (nSPS) is 16.8. The highest BCUT2D eigenvalue weighted by Gasteiger charge is 2.34. The molecule has 2 aromatic carbocycles. The van der Waals surface area contributed by atoms with Crippen LogP contribution >= 0.6 is 15.9 Å². The van der Waals surface area contributed by atoms with Crippen LogP contribution in [0.2, 0.25) is 0 Å². The quantitative estimate of drug-likeness (QED) is 0.832. The third-order valence-electron chi connectivity index (χ3n) is 4.21. The monoisotopic (exact) mass is 402 g/mol. The molecule has 0 saturated carbocycles. The van der Waals surface area contributed by atoms with Gasteiger partial charge in [0.2, 0.25) is 11.8 Å². The number of likely N-dealkylation sites (tertiary alicyclic amines) is 1. The van der Waals surface area contributed by atoms with Gasteiger partial charge in [0.1, 0.15) is 5.75 Å². The summed E-state index contributed by atoms with van der Waals surface area (Å²) in [4.78, 5) is 26.4. The van der Waals surface area contributed by atoms with Gasteiger partial charge in [-0.1, -0.05) is 34.1 Å². The van der Waals surface area contributed by atoms with Gasteiger partial charge in [-0.2, -0.15) is 0 Å². The van der Waals surface area contributed by atoms with E-state index in [4.69, 9.17) is 4.74 Å². The van der Waals surface area contributed by atoms with Crippen LogP contribution in [-0.2, 0) is 16.1 Å². The summed E-state index contributed by atoms with van der Waals surface area (Å²) in [7, 11) is 1.62. The van der Waals surface area contributed by atoms with E-state index >= 15 is 0 Å². The summed E-state index contributed by atoms with van der Waals surface area (Å²) in [6.45, 7) is 0.939. The second-order valence-corrected chi connectivity index (χ2v) is 6.94. The lowest BCUT2D eigenvalue weighted by atomic mass is 10.1. The van der Waals surface area contributed by atoms with Gasteiger partial charge in [0.05, 0.1) is 13.0 Å². The van der Waals surface area contributed by atoms with Gasteiger partial charge in [-0.3, -0.25) is 9.59 Å². The van der Waals surface area contributed by atoms with Gasteiger partial charge in [-0.25, -0.2) is 0 Å². The minimum Gasteiger partial charge on any atom is -0.497 e. The van der Waals surface area contributed by atoms with E-state index in [0.29, 0.717) is 13.1 Å². The SMILES string of the molecule is COc1ccc(CN2C[C@@H](C(=O)Nc3cccc(Br)c3)CC2=O)cc1. The second kappa shape index (κ2) is 7.70. The third kappa shape index (κ3) is 4.39. The number of amides is 2. The fraction of sp³-hybridized carbons (Fsp3) is 0.263. The predicted molar refractivity (Wildman–Crippen MR) is 99.3 cm³/mol. The smallest absolute Gasteiger partial charge is 0.229 e. The van der Waals surface area contributed by atoms with Crippen LogP contribution < -0.4 is 10.1 Å². The van der Waals surface area contributed by atoms with Crippen LogP contribution in [0.15, 0.2) is 53.0 Å². The highest BCUT2D eigenvalue weighted by Crippen LogP contribution is 2.23. The van der Waals surface area contributed by atoms with Crippen LogP contribution in [0.4, 0.5) is 5.69 Å². The molecule has 1 saturated heterocycles. The molecule has 1 heterocycles. The van der Waals surface area contributed by atoms with Crippen LogP contribution in [-0.4, -0.2) is 30.4 Å². The van der Waals surface area contributed by atoms with Crippen molar-refractivity contribution in [2.45, 2.75) is 13.0 Å². The van der Waals surface area contributed by atoms with E-state index in [9.17, 15) is 9.59 Å². The van der Waals surface area contributed by atoms with Crippen molar-refractivity contribution in [3.05, 3.63) is 58.6 Å². The Kier molecular flexibility index (Phi) is 5.38. The van der Waals surface area contributed by atoms with Crippen molar-refractivity contribution in [1.29, 1.82) is 0 Å². The van der Waals surface area contributed by atoms with Crippen LogP contribution in [0.25, 0.3) is 0 Å². The lowest BCUT2D eigenvalue weighted by Gasteiger charge is -2.17. The third-order valence-corrected chi connectivity index (χ3v) is 4.70. The summed E-state index contributed by atoms with van der Waals surface area (Å²) in [5.41, 5.74) is 1.74. The number of nitrogens with zero attached hydrogens (tertiary/aromatic N) is 1. The molecule has 0 aliphatic carbocycles. The fourth-order valence-electron chi connectivity index (χ4n) is 2.86. The van der Waals surface area contributed by atoms with Crippen molar-refractivity contribution < 1.29 is 14.3 Å². The molecule has 1 aliphatic heterocycles. The summed E-state index contributed by atoms with van der Waals surface area (Å²) < 4.78 is 6.03. The zero-order valence-corrected chi connectivity index (χ0v) is 15.5. The van der Waals surface area contributed by atoms with Gasteiger partial charge in [-0.05, 0) is 35.9 Å². The van der Waals surface area contributed by atoms with E-state index in [-0.39, 0.29) is 24.2 Å². The van der Waals surface area contributed by atoms with Crippen molar-refractivity contribution in [1.82, 2.24) is 4.90 Å². The fourth-order valence-corrected chi connectivity index (χ4v) is 3.26. The molecule has 0 radical (unpaired) electrons. The lowest BCUT2D eigenvalue weighted by molar-refractivity contribution is -0.128. The molecule has 0 spiro atoms. The van der Waals surface area contributed by atoms with E-state index in [2.05, 4.69) is 21.2 Å². The Balaban J connectivity index is 1.60. The molecule has 0 unspecified atom stereocenters. The number of benzene rings is 2. The zero-order chi connectivity index (χ0) is 17.8. The first-order valence-corrected chi connectivity index (χ1v) is 8.81. The summed E-state index contributed by atoms with van der Waals surface area (Å²) in [5.74, 6) is 0.335. The maximum absolute atomic E-state index is 12.4. The number of carbonyl (C=O) groups is 2. The van der Waals surface area contributed by atoms with Crippen molar-refractivity contribution >= 4 is 33.4 Å². The van der Waals surface area contributed by atoms with Gasteiger partial charge < -0.3 is 15.0 Å². The van der Waals surface area contributed by atoms with Gasteiger partial charge in [-0.15, -0.1) is 0 Å². The minimum absolute atomic E-state index is 0.00482. The molecule has 1 N–H and O–H groups in total. The summed E-state index contributed by atoms with van der Waals surface area (Å²) in [6.07, 6.45) is 0.246. The van der Waals surface area contributed by atoms with Crippen LogP contribution in [0.3, 0.4) is 0 Å². The average Bonchev–Trinajstić information content (AvgIpc) is 2.96. The molecule has 5 nitrogen and oxygen atoms in total. The maximum Gasteiger partial charge on any atom is 0.229 e. The second-order valence-electron chi connectivity index (χ2n) is 6.02. The summed E-state index contributed by atoms with van der Waals surface area (Å²) in [5, 5.41) is 2.88. The standard InChI is InChI=1S/C19H19BrN2O3/c1-25-17-7-5-13(6-8-17)11-22-12-14(9-18(22)23)19(24)21-16-4-2-3-15(20)10-16/h2-8,10,14H,9,11-12H2,1H3,(H,21,24)/t14-/m0/s1. The van der Waals surface area contributed by atoms with E-state index in [1.54, 1.807) is 12.0 Å². The van der Waals surface area contributed by atoms with E-state index in [1.807, 2.05) is 48.5 Å². The lowest BCUT2D eigenvalue weighted by Crippen LogP contribution is -2.28. The number of nitrogens with one attached hydrogen (secondary N) is 1. The molecular formula is C19H19BrN2O3. The first kappa shape index (κ1) is 17.5. The van der Waals surface area contributed by atoms with E-state index < -0.39 is 0 Å². The van der Waals surface area contributed by atoms with Gasteiger partial charge in [0.25, 0.3) is 0 Å². The van der Waals surface area contributed by atoms with Crippen molar-refractivity contribution in [2.75, 3.05) is 19.0 Å². The Labute approximate surface area is 155 Å². The first-order chi connectivity index (χ1) is 12.0. The number of rotatable bonds is 5. The predicted octanol–water partition coefficient (Wildman–Crippen LogP) is 3.44. The van der Waals surface area contributed by atoms with Crippen molar-refractivity contribution in [3.8, 4) is 5.75 Å². The van der Waals surface area contributed by atoms with Gasteiger partial charge >= 0.3 is 0 Å². The summed E-state index contributed by atoms with van der Waals surface area (Å²) in [6, 6.07) is 15.0. The van der Waals surface area contributed by atoms with E-state index in [0.717, 1.165) is 21.5 Å². The number of methoxy groups -OCH3 is 1. The maximum atomic E-state index is 12.4. The molecular weight excluding hydrogens is 384 g/mol. The number of ether oxygens (including phenoxy) is 1. The van der Waals surface area contributed by atoms with Crippen LogP contribution in [0.5, 0.6) is 5.75 Å². The Hall–Kier alpha value is -2.34. The molecule has 6 heteroatoms. The highest BCUT2D eigenvalue weighted by atomic mass is 79.9. The molecule has 0 aromatic heterocycles. The Bertz CT molecular complexity index is 776. The molecule has 0 bridgehead atoms. The molecule has 2 aromatic rings. The van der Waals surface area contributed by atoms with Crippen LogP contribution in [0, 0.1) is 5.92 Å².